The van der Waals surface area contributed by atoms with E-state index in [0.717, 1.165) is 42.4 Å². The fourth-order valence-electron chi connectivity index (χ4n) is 5.69. The number of likely N-dealkylation sites (tertiary alicyclic amines) is 1. The molecule has 2 aliphatic rings. The molecule has 8 amide bonds. The summed E-state index contributed by atoms with van der Waals surface area (Å²) in [6, 6.07) is 16.5. The van der Waals surface area contributed by atoms with Crippen LogP contribution < -0.4 is 21.3 Å². The maximum atomic E-state index is 12.5. The van der Waals surface area contributed by atoms with Gasteiger partial charge in [-0.3, -0.25) is 48.2 Å². The molecule has 0 saturated carbocycles. The second-order valence-electron chi connectivity index (χ2n) is 14.0. The molecule has 2 aromatic carbocycles. The van der Waals surface area contributed by atoms with Crippen LogP contribution in [-0.4, -0.2) is 121 Å². The van der Waals surface area contributed by atoms with Crippen molar-refractivity contribution in [2.75, 3.05) is 35.2 Å². The van der Waals surface area contributed by atoms with Crippen molar-refractivity contribution in [1.29, 1.82) is 0 Å². The highest BCUT2D eigenvalue weighted by Crippen LogP contribution is 2.26. The van der Waals surface area contributed by atoms with Crippen LogP contribution in [0.3, 0.4) is 0 Å². The standard InChI is InChI=1S/C21H27N3O6S.C16H18N2O3.C5H9NO3S.S4/c1-14(25)22-16(21(29)30)13-31-17-12-19(27)24(20(17)28)11-7-3-6-10-18(26)23-15-8-4-2-5-9-15;19-14(17-13-7-3-1-4-8-13)9-5-2-6-12-18-15(20)10-11-16(18)21;1-3(7)6-4(2-10)5(8)9;1-3-4-2/h2,4-5,8-9,16-17H,3,6-7,10-13H2,1H3,(H,22,25)(H,23,26)(H,29,30);1,3-4,7-8,10-11H,2,5-6,9,12H2,(H,17,19);4,10H,2H2,1H3,(H,6,7)(H,8,9);/t16-,17?;;4-;/m0.0./s1. The molecule has 1 saturated heterocycles. The van der Waals surface area contributed by atoms with Crippen LogP contribution in [0, 0.1) is 0 Å². The van der Waals surface area contributed by atoms with E-state index in [0.29, 0.717) is 38.6 Å². The summed E-state index contributed by atoms with van der Waals surface area (Å²) in [5, 5.41) is 27.0. The Balaban J connectivity index is 0.000000532. The third-order valence-corrected chi connectivity index (χ3v) is 12.7. The number of hydrogen-bond acceptors (Lipinski definition) is 14. The number of benzene rings is 2. The summed E-state index contributed by atoms with van der Waals surface area (Å²) in [5.41, 5.74) is 1.54. The molecular weight excluding hydrogens is 973 g/mol. The molecular formula is C42H54N6O12S6. The van der Waals surface area contributed by atoms with Crippen LogP contribution in [0.2, 0.25) is 0 Å². The van der Waals surface area contributed by atoms with E-state index in [1.54, 1.807) is 0 Å². The molecule has 66 heavy (non-hydrogen) atoms. The third kappa shape index (κ3) is 25.5. The van der Waals surface area contributed by atoms with Gasteiger partial charge in [0.25, 0.3) is 11.8 Å². The highest BCUT2D eigenvalue weighted by molar-refractivity contribution is 8.51. The SMILES string of the molecule is CC(=O)N[C@@H](CS)C(=O)O.CC(=O)N[C@@H](CSC1CC(=O)N(CCCCCC(=O)Nc2ccccc2)C1=O)C(=O)O.O=C(CCCCCN1C(=O)C=CC1=O)Nc1ccccc1.S=S=S=S. The number of anilines is 2. The molecule has 0 radical (unpaired) electrons. The number of carboxylic acids is 2. The van der Waals surface area contributed by atoms with Crippen molar-refractivity contribution in [2.24, 2.45) is 0 Å². The van der Waals surface area contributed by atoms with E-state index >= 15 is 0 Å². The maximum absolute atomic E-state index is 12.5. The molecule has 0 aromatic heterocycles. The summed E-state index contributed by atoms with van der Waals surface area (Å²) in [5.74, 6) is -4.18. The summed E-state index contributed by atoms with van der Waals surface area (Å²) >= 11 is 13.5. The number of carboxylic acid groups (broad SMARTS) is 2. The number of amides is 8. The quantitative estimate of drug-likeness (QED) is 0.0507. The van der Waals surface area contributed by atoms with E-state index in [1.807, 2.05) is 60.7 Å². The highest BCUT2D eigenvalue weighted by atomic mass is 33.2. The number of thiol groups is 1. The summed E-state index contributed by atoms with van der Waals surface area (Å²) in [7, 11) is 2.34. The van der Waals surface area contributed by atoms with Gasteiger partial charge in [-0.2, -0.15) is 12.6 Å². The lowest BCUT2D eigenvalue weighted by atomic mass is 10.1. The molecule has 1 fully saturated rings. The van der Waals surface area contributed by atoms with E-state index < -0.39 is 35.2 Å². The molecule has 360 valence electrons. The van der Waals surface area contributed by atoms with Gasteiger partial charge in [0.05, 0.1) is 5.25 Å². The number of hydrogen-bond donors (Lipinski definition) is 7. The Labute approximate surface area is 408 Å². The Morgan fingerprint density at radius 3 is 1.47 bits per heavy atom. The van der Waals surface area contributed by atoms with Crippen molar-refractivity contribution in [3.8, 4) is 0 Å². The van der Waals surface area contributed by atoms with Crippen LogP contribution in [0.5, 0.6) is 0 Å². The van der Waals surface area contributed by atoms with Gasteiger partial charge in [0.1, 0.15) is 12.1 Å². The first-order chi connectivity index (χ1) is 31.4. The van der Waals surface area contributed by atoms with Crippen molar-refractivity contribution < 1.29 is 58.2 Å². The lowest BCUT2D eigenvalue weighted by molar-refractivity contribution is -0.141. The first kappa shape index (κ1) is 58.9. The summed E-state index contributed by atoms with van der Waals surface area (Å²) < 4.78 is 0. The zero-order valence-electron chi connectivity index (χ0n) is 36.2. The fraction of sp³-hybridized carbons (Fsp3) is 0.429. The summed E-state index contributed by atoms with van der Waals surface area (Å²) in [6.07, 6.45) is 7.59. The predicted octanol–water partition coefficient (Wildman–Crippen LogP) is 3.24. The van der Waals surface area contributed by atoms with Crippen LogP contribution in [0.4, 0.5) is 11.4 Å². The number of thioether (sulfide) groups is 1. The van der Waals surface area contributed by atoms with E-state index in [-0.39, 0.29) is 65.8 Å². The molecule has 0 bridgehead atoms. The molecule has 4 rings (SSSR count). The van der Waals surface area contributed by atoms with Gasteiger partial charge in [0.2, 0.25) is 35.4 Å². The Hall–Kier alpha value is -5.14. The third-order valence-electron chi connectivity index (χ3n) is 8.81. The number of carbonyl (C=O) groups is 10. The normalized spacial score (nSPS) is 14.4. The minimum atomic E-state index is -1.19. The van der Waals surface area contributed by atoms with Gasteiger partial charge in [-0.15, -0.1) is 11.8 Å². The van der Waals surface area contributed by atoms with Gasteiger partial charge in [-0.25, -0.2) is 9.59 Å². The van der Waals surface area contributed by atoms with Gasteiger partial charge < -0.3 is 31.5 Å². The van der Waals surface area contributed by atoms with Gasteiger partial charge in [-0.05, 0) is 49.9 Å². The number of unbranched alkanes of at least 4 members (excludes halogenated alkanes) is 4. The van der Waals surface area contributed by atoms with E-state index in [2.05, 4.69) is 56.3 Å². The minimum absolute atomic E-state index is 0.00294. The number of rotatable bonds is 22. The van der Waals surface area contributed by atoms with Gasteiger partial charge in [0.15, 0.2) is 0 Å². The largest absolute Gasteiger partial charge is 0.480 e. The lowest BCUT2D eigenvalue weighted by Crippen LogP contribution is -2.42. The maximum Gasteiger partial charge on any atom is 0.327 e. The van der Waals surface area contributed by atoms with Crippen molar-refractivity contribution in [1.82, 2.24) is 20.4 Å². The molecule has 0 spiro atoms. The van der Waals surface area contributed by atoms with Gasteiger partial charge in [0, 0.05) is 121 Å². The van der Waals surface area contributed by atoms with Gasteiger partial charge >= 0.3 is 11.9 Å². The predicted molar refractivity (Wildman–Crippen MR) is 264 cm³/mol. The molecule has 0 aliphatic carbocycles. The van der Waals surface area contributed by atoms with Crippen LogP contribution in [0.25, 0.3) is 0 Å². The second-order valence-corrected chi connectivity index (χ2v) is 19.2. The van der Waals surface area contributed by atoms with Crippen molar-refractivity contribution in [2.45, 2.75) is 89.0 Å². The summed E-state index contributed by atoms with van der Waals surface area (Å²) in [4.78, 5) is 116. The molecule has 6 N–H and O–H groups in total. The molecule has 2 heterocycles. The number of para-hydroxylation sites is 2. The Morgan fingerprint density at radius 2 is 1.09 bits per heavy atom. The Bertz CT molecular complexity index is 2060. The molecule has 3 atom stereocenters. The smallest absolute Gasteiger partial charge is 0.327 e. The first-order valence-electron chi connectivity index (χ1n) is 20.3. The Kier molecular flexibility index (Phi) is 30.5. The average Bonchev–Trinajstić information content (AvgIpc) is 3.75. The number of nitrogens with one attached hydrogen (secondary N) is 4. The van der Waals surface area contributed by atoms with Crippen molar-refractivity contribution in [3.63, 3.8) is 0 Å². The number of nitrogens with zero attached hydrogens (tertiary/aromatic N) is 2. The van der Waals surface area contributed by atoms with Crippen molar-refractivity contribution in [3.05, 3.63) is 72.8 Å². The van der Waals surface area contributed by atoms with Gasteiger partial charge in [-0.1, -0.05) is 49.2 Å². The monoisotopic (exact) mass is 1030 g/mol. The topological polar surface area (TPSA) is 266 Å². The number of aliphatic carboxylic acids is 2. The first-order valence-corrected chi connectivity index (χ1v) is 26.0. The van der Waals surface area contributed by atoms with Crippen molar-refractivity contribution >= 4 is 135 Å². The second kappa shape index (κ2) is 34.2. The fourth-order valence-corrected chi connectivity index (χ4v) is 7.12. The minimum Gasteiger partial charge on any atom is -0.480 e. The zero-order valence-corrected chi connectivity index (χ0v) is 41.2. The zero-order chi connectivity index (χ0) is 49.4. The molecule has 1 unspecified atom stereocenters. The molecule has 18 nitrogen and oxygen atoms in total. The number of imide groups is 2. The Morgan fingerprint density at radius 1 is 0.667 bits per heavy atom. The van der Waals surface area contributed by atoms with E-state index in [1.165, 1.54) is 53.6 Å². The number of carbonyl (C=O) groups excluding carboxylic acids is 8. The van der Waals surface area contributed by atoms with Crippen LogP contribution in [0.1, 0.15) is 71.6 Å². The van der Waals surface area contributed by atoms with Crippen LogP contribution in [-0.2, 0) is 88.1 Å². The summed E-state index contributed by atoms with van der Waals surface area (Å²) in [6.45, 7) is 3.19. The van der Waals surface area contributed by atoms with Crippen LogP contribution >= 0.6 is 24.4 Å². The van der Waals surface area contributed by atoms with E-state index in [4.69, 9.17) is 10.2 Å². The molecule has 24 heteroatoms. The van der Waals surface area contributed by atoms with Crippen LogP contribution in [0.15, 0.2) is 72.8 Å². The molecule has 2 aliphatic heterocycles. The highest BCUT2D eigenvalue weighted by Gasteiger charge is 2.39. The average molecular weight is 1030 g/mol. The molecule has 2 aromatic rings. The van der Waals surface area contributed by atoms with E-state index in [9.17, 15) is 47.9 Å². The lowest BCUT2D eigenvalue weighted by Gasteiger charge is -2.16.